The monoisotopic (exact) mass is 275 g/mol. The molecule has 0 heterocycles. The molecule has 1 aliphatic rings. The van der Waals surface area contributed by atoms with Gasteiger partial charge in [0.25, 0.3) is 0 Å². The summed E-state index contributed by atoms with van der Waals surface area (Å²) in [5.74, 6) is 0. The normalized spacial score (nSPS) is 18.7. The van der Waals surface area contributed by atoms with Gasteiger partial charge in [-0.2, -0.15) is 0 Å². The van der Waals surface area contributed by atoms with Gasteiger partial charge in [-0.15, -0.1) is 0 Å². The van der Waals surface area contributed by atoms with Crippen molar-refractivity contribution in [3.63, 3.8) is 0 Å². The van der Waals surface area contributed by atoms with E-state index in [4.69, 9.17) is 9.94 Å². The Hall–Kier alpha value is -1.62. The highest BCUT2D eigenvalue weighted by Crippen LogP contribution is 2.24. The summed E-state index contributed by atoms with van der Waals surface area (Å²) >= 11 is 0. The van der Waals surface area contributed by atoms with Gasteiger partial charge in [0.1, 0.15) is 12.7 Å². The molecule has 20 heavy (non-hydrogen) atoms. The molecule has 4 heteroatoms. The molecular formula is C16H21NO3. The molecule has 1 atom stereocenters. The van der Waals surface area contributed by atoms with Crippen molar-refractivity contribution in [2.24, 2.45) is 0 Å². The van der Waals surface area contributed by atoms with Crippen molar-refractivity contribution in [3.8, 4) is 0 Å². The van der Waals surface area contributed by atoms with Gasteiger partial charge >= 0.3 is 0 Å². The zero-order valence-electron chi connectivity index (χ0n) is 11.5. The van der Waals surface area contributed by atoms with E-state index in [-0.39, 0.29) is 13.2 Å². The van der Waals surface area contributed by atoms with Crippen molar-refractivity contribution >= 4 is 6.08 Å². The highest BCUT2D eigenvalue weighted by molar-refractivity contribution is 5.58. The average molecular weight is 275 g/mol. The van der Waals surface area contributed by atoms with Crippen LogP contribution in [0.5, 0.6) is 0 Å². The lowest BCUT2D eigenvalue weighted by atomic mass is 9.97. The topological polar surface area (TPSA) is 61.7 Å². The number of benzene rings is 1. The maximum absolute atomic E-state index is 9.24. The van der Waals surface area contributed by atoms with E-state index in [2.05, 4.69) is 29.8 Å². The average Bonchev–Trinajstić information content (AvgIpc) is 2.50. The van der Waals surface area contributed by atoms with Gasteiger partial charge in [0.2, 0.25) is 0 Å². The molecule has 0 fully saturated rings. The van der Waals surface area contributed by atoms with E-state index in [1.807, 2.05) is 18.2 Å². The maximum atomic E-state index is 9.24. The van der Waals surface area contributed by atoms with Crippen molar-refractivity contribution < 1.29 is 15.1 Å². The minimum Gasteiger partial charge on any atom is -0.394 e. The van der Waals surface area contributed by atoms with Gasteiger partial charge in [-0.05, 0) is 36.5 Å². The van der Waals surface area contributed by atoms with Crippen molar-refractivity contribution in [2.75, 3.05) is 13.2 Å². The molecule has 0 saturated heterocycles. The van der Waals surface area contributed by atoms with Gasteiger partial charge in [-0.3, -0.25) is 10.3 Å². The molecule has 0 spiro atoms. The third kappa shape index (κ3) is 4.49. The van der Waals surface area contributed by atoms with Crippen LogP contribution in [0.1, 0.15) is 24.8 Å². The molecule has 1 aliphatic carbocycles. The maximum Gasteiger partial charge on any atom is 0.103 e. The van der Waals surface area contributed by atoms with E-state index in [1.54, 1.807) is 0 Å². The summed E-state index contributed by atoms with van der Waals surface area (Å²) in [6, 6.07) is 10.2. The molecule has 1 aromatic rings. The van der Waals surface area contributed by atoms with Crippen LogP contribution in [-0.4, -0.2) is 29.5 Å². The van der Waals surface area contributed by atoms with Gasteiger partial charge in [-0.1, -0.05) is 36.4 Å². The predicted molar refractivity (Wildman–Crippen MR) is 78.5 cm³/mol. The van der Waals surface area contributed by atoms with Gasteiger partial charge in [0.05, 0.1) is 12.3 Å². The summed E-state index contributed by atoms with van der Waals surface area (Å²) in [6.45, 7) is -0.236. The molecule has 4 nitrogen and oxygen atoms in total. The Kier molecular flexibility index (Phi) is 5.80. The van der Waals surface area contributed by atoms with Crippen molar-refractivity contribution in [3.05, 3.63) is 53.2 Å². The molecule has 1 unspecified atom stereocenters. The first-order valence-corrected chi connectivity index (χ1v) is 6.92. The molecule has 2 rings (SSSR count). The summed E-state index contributed by atoms with van der Waals surface area (Å²) in [5, 5.41) is 18.0. The van der Waals surface area contributed by atoms with Crippen LogP contribution in [0.2, 0.25) is 0 Å². The Bertz CT molecular complexity index is 468. The lowest BCUT2D eigenvalue weighted by Gasteiger charge is -2.19. The van der Waals surface area contributed by atoms with Gasteiger partial charge in [0, 0.05) is 0 Å². The standard InChI is InChI=1S/C16H21NO3/c18-11-15(19)12-20-17-16-9-5-4-8-14(16)10-13-6-2-1-3-7-13/h1-3,6-7,9-10,15,17-19H,4-5,8,11-12H2. The Balaban J connectivity index is 1.99. The van der Waals surface area contributed by atoms with Crippen LogP contribution >= 0.6 is 0 Å². The number of aliphatic hydroxyl groups is 2. The molecule has 1 aromatic carbocycles. The predicted octanol–water partition coefficient (Wildman–Crippen LogP) is 2.01. The van der Waals surface area contributed by atoms with Crippen LogP contribution in [-0.2, 0) is 4.84 Å². The van der Waals surface area contributed by atoms with Crippen LogP contribution in [0.3, 0.4) is 0 Å². The fourth-order valence-electron chi connectivity index (χ4n) is 2.08. The second-order valence-corrected chi connectivity index (χ2v) is 4.84. The SMILES string of the molecule is OCC(O)CONC1=CCCCC1=Cc1ccccc1. The van der Waals surface area contributed by atoms with E-state index in [9.17, 15) is 5.11 Å². The Morgan fingerprint density at radius 2 is 2.10 bits per heavy atom. The summed E-state index contributed by atoms with van der Waals surface area (Å²) in [5.41, 5.74) is 6.18. The molecule has 108 valence electrons. The largest absolute Gasteiger partial charge is 0.394 e. The van der Waals surface area contributed by atoms with Crippen LogP contribution in [0.15, 0.2) is 47.7 Å². The molecule has 0 saturated carbocycles. The third-order valence-corrected chi connectivity index (χ3v) is 3.15. The van der Waals surface area contributed by atoms with E-state index >= 15 is 0 Å². The Morgan fingerprint density at radius 3 is 2.85 bits per heavy atom. The smallest absolute Gasteiger partial charge is 0.103 e. The fourth-order valence-corrected chi connectivity index (χ4v) is 2.08. The highest BCUT2D eigenvalue weighted by atomic mass is 16.6. The number of hydrogen-bond acceptors (Lipinski definition) is 4. The van der Waals surface area contributed by atoms with Gasteiger partial charge in [-0.25, -0.2) is 0 Å². The molecule has 0 aliphatic heterocycles. The number of aliphatic hydroxyl groups excluding tert-OH is 2. The quantitative estimate of drug-likeness (QED) is 0.695. The number of nitrogens with one attached hydrogen (secondary N) is 1. The first kappa shape index (κ1) is 14.8. The second kappa shape index (κ2) is 7.85. The van der Waals surface area contributed by atoms with Crippen LogP contribution in [0.4, 0.5) is 0 Å². The summed E-state index contributed by atoms with van der Waals surface area (Å²) in [6.07, 6.45) is 6.53. The molecule has 0 bridgehead atoms. The molecule has 0 amide bonds. The van der Waals surface area contributed by atoms with E-state index in [0.29, 0.717) is 0 Å². The molecule has 0 aromatic heterocycles. The lowest BCUT2D eigenvalue weighted by molar-refractivity contribution is -0.0258. The van der Waals surface area contributed by atoms with Gasteiger partial charge in [0.15, 0.2) is 0 Å². The van der Waals surface area contributed by atoms with Crippen LogP contribution < -0.4 is 5.48 Å². The van der Waals surface area contributed by atoms with Crippen LogP contribution in [0.25, 0.3) is 6.08 Å². The summed E-state index contributed by atoms with van der Waals surface area (Å²) < 4.78 is 0. The van der Waals surface area contributed by atoms with E-state index in [1.165, 1.54) is 5.57 Å². The van der Waals surface area contributed by atoms with E-state index in [0.717, 1.165) is 30.5 Å². The summed E-state index contributed by atoms with van der Waals surface area (Å²) in [7, 11) is 0. The minimum absolute atomic E-state index is 0.0620. The Morgan fingerprint density at radius 1 is 1.30 bits per heavy atom. The number of allylic oxidation sites excluding steroid dienone is 2. The number of hydroxylamine groups is 1. The Labute approximate surface area is 119 Å². The fraction of sp³-hybridized carbons (Fsp3) is 0.375. The van der Waals surface area contributed by atoms with Crippen molar-refractivity contribution in [1.82, 2.24) is 5.48 Å². The summed E-state index contributed by atoms with van der Waals surface area (Å²) in [4.78, 5) is 5.22. The number of hydrogen-bond donors (Lipinski definition) is 3. The molecular weight excluding hydrogens is 254 g/mol. The molecule has 3 N–H and O–H groups in total. The number of rotatable bonds is 6. The zero-order valence-corrected chi connectivity index (χ0v) is 11.5. The highest BCUT2D eigenvalue weighted by Gasteiger charge is 2.11. The van der Waals surface area contributed by atoms with Crippen LogP contribution in [0, 0.1) is 0 Å². The lowest BCUT2D eigenvalue weighted by Crippen LogP contribution is -2.26. The first-order valence-electron chi connectivity index (χ1n) is 6.92. The second-order valence-electron chi connectivity index (χ2n) is 4.84. The van der Waals surface area contributed by atoms with Crippen molar-refractivity contribution in [2.45, 2.75) is 25.4 Å². The first-order chi connectivity index (χ1) is 9.79. The van der Waals surface area contributed by atoms with Gasteiger partial charge < -0.3 is 10.2 Å². The zero-order chi connectivity index (χ0) is 14.2. The minimum atomic E-state index is -0.853. The van der Waals surface area contributed by atoms with Crippen molar-refractivity contribution in [1.29, 1.82) is 0 Å². The molecule has 0 radical (unpaired) electrons. The van der Waals surface area contributed by atoms with E-state index < -0.39 is 6.10 Å². The third-order valence-electron chi connectivity index (χ3n) is 3.15.